The van der Waals surface area contributed by atoms with E-state index in [0.29, 0.717) is 10.8 Å². The van der Waals surface area contributed by atoms with Crippen molar-refractivity contribution in [2.45, 2.75) is 111 Å². The summed E-state index contributed by atoms with van der Waals surface area (Å²) in [5.41, 5.74) is 1.03. The molecule has 1 heteroatoms. The van der Waals surface area contributed by atoms with E-state index in [1.165, 1.54) is 51.4 Å². The van der Waals surface area contributed by atoms with Crippen molar-refractivity contribution in [2.24, 2.45) is 22.7 Å². The van der Waals surface area contributed by atoms with Crippen LogP contribution in [0.2, 0.25) is 0 Å². The van der Waals surface area contributed by atoms with Crippen LogP contribution in [0.3, 0.4) is 0 Å². The smallest absolute Gasteiger partial charge is 0.0105 e. The van der Waals surface area contributed by atoms with Crippen LogP contribution >= 0.6 is 0 Å². The molecule has 0 aromatic heterocycles. The van der Waals surface area contributed by atoms with Gasteiger partial charge >= 0.3 is 0 Å². The second kappa shape index (κ2) is 5.80. The van der Waals surface area contributed by atoms with Crippen molar-refractivity contribution in [1.82, 2.24) is 4.90 Å². The van der Waals surface area contributed by atoms with E-state index in [1.807, 2.05) is 0 Å². The first kappa shape index (κ1) is 16.8. The molecular weight excluding hydrogens is 266 g/mol. The standard InChI is InChI=1S/C21H39N/c1-20(2,3)15-7-9-17(10-8-15)22-18-11-12-19(22)14-16(13-18)21(4,5)6/h15-19H,7-14H2,1-6H3. The molecule has 1 aliphatic carbocycles. The lowest BCUT2D eigenvalue weighted by atomic mass is 9.69. The summed E-state index contributed by atoms with van der Waals surface area (Å²) in [5, 5.41) is 0. The third-order valence-electron chi connectivity index (χ3n) is 7.36. The first-order valence-electron chi connectivity index (χ1n) is 9.93. The number of piperidine rings is 1. The minimum Gasteiger partial charge on any atom is -0.294 e. The summed E-state index contributed by atoms with van der Waals surface area (Å²) >= 11 is 0. The van der Waals surface area contributed by atoms with Gasteiger partial charge in [0.1, 0.15) is 0 Å². The fourth-order valence-electron chi connectivity index (χ4n) is 5.76. The first-order chi connectivity index (χ1) is 10.2. The molecule has 2 aliphatic heterocycles. The third-order valence-corrected chi connectivity index (χ3v) is 7.36. The molecule has 0 radical (unpaired) electrons. The lowest BCUT2D eigenvalue weighted by Crippen LogP contribution is -2.51. The maximum absolute atomic E-state index is 3.02. The van der Waals surface area contributed by atoms with Crippen molar-refractivity contribution in [3.05, 3.63) is 0 Å². The highest BCUT2D eigenvalue weighted by molar-refractivity contribution is 5.01. The molecule has 0 spiro atoms. The summed E-state index contributed by atoms with van der Waals surface area (Å²) in [6.45, 7) is 14.7. The van der Waals surface area contributed by atoms with Crippen LogP contribution < -0.4 is 0 Å². The maximum atomic E-state index is 3.02. The largest absolute Gasteiger partial charge is 0.294 e. The molecule has 2 unspecified atom stereocenters. The Kier molecular flexibility index (Phi) is 4.43. The van der Waals surface area contributed by atoms with Crippen LogP contribution in [-0.4, -0.2) is 23.0 Å². The van der Waals surface area contributed by atoms with Crippen molar-refractivity contribution in [3.8, 4) is 0 Å². The van der Waals surface area contributed by atoms with Gasteiger partial charge in [-0.1, -0.05) is 41.5 Å². The quantitative estimate of drug-likeness (QED) is 0.584. The average Bonchev–Trinajstić information content (AvgIpc) is 2.66. The summed E-state index contributed by atoms with van der Waals surface area (Å²) in [6.07, 6.45) is 11.8. The van der Waals surface area contributed by atoms with E-state index >= 15 is 0 Å². The maximum Gasteiger partial charge on any atom is 0.0105 e. The minimum atomic E-state index is 0.511. The van der Waals surface area contributed by atoms with Gasteiger partial charge in [0.15, 0.2) is 0 Å². The van der Waals surface area contributed by atoms with Crippen LogP contribution in [0, 0.1) is 22.7 Å². The first-order valence-corrected chi connectivity index (χ1v) is 9.93. The van der Waals surface area contributed by atoms with Crippen molar-refractivity contribution < 1.29 is 0 Å². The number of fused-ring (bicyclic) bond motifs is 2. The highest BCUT2D eigenvalue weighted by Crippen LogP contribution is 2.48. The van der Waals surface area contributed by atoms with Crippen LogP contribution in [0.15, 0.2) is 0 Å². The summed E-state index contributed by atoms with van der Waals surface area (Å²) in [7, 11) is 0. The summed E-state index contributed by atoms with van der Waals surface area (Å²) in [5.74, 6) is 1.90. The second-order valence-electron chi connectivity index (χ2n) is 10.7. The monoisotopic (exact) mass is 305 g/mol. The van der Waals surface area contributed by atoms with Gasteiger partial charge in [-0.25, -0.2) is 0 Å². The molecule has 0 N–H and O–H groups in total. The molecule has 2 bridgehead atoms. The van der Waals surface area contributed by atoms with Gasteiger partial charge in [0.05, 0.1) is 0 Å². The SMILES string of the molecule is CC(C)(C)C1CCC(N2C3CCC2CC(C(C)(C)C)C3)CC1. The molecule has 3 fully saturated rings. The van der Waals surface area contributed by atoms with Gasteiger partial charge in [0.2, 0.25) is 0 Å². The van der Waals surface area contributed by atoms with Crippen molar-refractivity contribution in [3.63, 3.8) is 0 Å². The number of nitrogens with zero attached hydrogens (tertiary/aromatic N) is 1. The Bertz CT molecular complexity index is 364. The van der Waals surface area contributed by atoms with E-state index in [2.05, 4.69) is 46.4 Å². The predicted octanol–water partition coefficient (Wildman–Crippen LogP) is 5.88. The molecule has 2 saturated heterocycles. The van der Waals surface area contributed by atoms with Crippen molar-refractivity contribution >= 4 is 0 Å². The van der Waals surface area contributed by atoms with Gasteiger partial charge < -0.3 is 0 Å². The Morgan fingerprint density at radius 3 is 1.36 bits per heavy atom. The van der Waals surface area contributed by atoms with Gasteiger partial charge in [-0.05, 0) is 74.0 Å². The number of rotatable bonds is 1. The Morgan fingerprint density at radius 1 is 0.545 bits per heavy atom. The molecule has 0 aromatic rings. The van der Waals surface area contributed by atoms with Crippen LogP contribution in [0.1, 0.15) is 92.9 Å². The highest BCUT2D eigenvalue weighted by atomic mass is 15.2. The van der Waals surface area contributed by atoms with E-state index in [0.717, 1.165) is 30.0 Å². The molecule has 2 heterocycles. The van der Waals surface area contributed by atoms with Crippen molar-refractivity contribution in [1.29, 1.82) is 0 Å². The van der Waals surface area contributed by atoms with Crippen LogP contribution in [0.5, 0.6) is 0 Å². The molecule has 1 nitrogen and oxygen atoms in total. The van der Waals surface area contributed by atoms with E-state index in [1.54, 1.807) is 0 Å². The molecule has 3 rings (SSSR count). The van der Waals surface area contributed by atoms with Crippen LogP contribution in [0.25, 0.3) is 0 Å². The van der Waals surface area contributed by atoms with Gasteiger partial charge in [-0.2, -0.15) is 0 Å². The second-order valence-corrected chi connectivity index (χ2v) is 10.7. The molecule has 0 aromatic carbocycles. The highest BCUT2D eigenvalue weighted by Gasteiger charge is 2.47. The molecule has 3 aliphatic rings. The lowest BCUT2D eigenvalue weighted by Gasteiger charge is -2.49. The third kappa shape index (κ3) is 3.25. The topological polar surface area (TPSA) is 3.24 Å². The Labute approximate surface area is 139 Å². The predicted molar refractivity (Wildman–Crippen MR) is 96.0 cm³/mol. The summed E-state index contributed by atoms with van der Waals surface area (Å²) in [6, 6.07) is 2.75. The Morgan fingerprint density at radius 2 is 0.955 bits per heavy atom. The average molecular weight is 306 g/mol. The van der Waals surface area contributed by atoms with Gasteiger partial charge in [-0.3, -0.25) is 4.90 Å². The summed E-state index contributed by atoms with van der Waals surface area (Å²) in [4.78, 5) is 3.02. The molecule has 128 valence electrons. The Balaban J connectivity index is 1.61. The fourth-order valence-corrected chi connectivity index (χ4v) is 5.76. The molecule has 0 amide bonds. The number of hydrogen-bond acceptors (Lipinski definition) is 1. The van der Waals surface area contributed by atoms with Crippen molar-refractivity contribution in [2.75, 3.05) is 0 Å². The minimum absolute atomic E-state index is 0.511. The zero-order valence-corrected chi connectivity index (χ0v) is 16.0. The molecule has 22 heavy (non-hydrogen) atoms. The van der Waals surface area contributed by atoms with E-state index in [-0.39, 0.29) is 0 Å². The molecular formula is C21H39N. The van der Waals surface area contributed by atoms with Gasteiger partial charge in [-0.15, -0.1) is 0 Å². The van der Waals surface area contributed by atoms with Crippen LogP contribution in [0.4, 0.5) is 0 Å². The van der Waals surface area contributed by atoms with E-state index in [9.17, 15) is 0 Å². The molecule has 1 saturated carbocycles. The van der Waals surface area contributed by atoms with Crippen LogP contribution in [-0.2, 0) is 0 Å². The molecule has 2 atom stereocenters. The fraction of sp³-hybridized carbons (Fsp3) is 1.00. The van der Waals surface area contributed by atoms with Gasteiger partial charge in [0.25, 0.3) is 0 Å². The van der Waals surface area contributed by atoms with E-state index < -0.39 is 0 Å². The number of hydrogen-bond donors (Lipinski definition) is 0. The Hall–Kier alpha value is -0.0400. The zero-order chi connectivity index (χ0) is 16.1. The summed E-state index contributed by atoms with van der Waals surface area (Å²) < 4.78 is 0. The zero-order valence-electron chi connectivity index (χ0n) is 16.0. The van der Waals surface area contributed by atoms with Gasteiger partial charge in [0, 0.05) is 18.1 Å². The van der Waals surface area contributed by atoms with E-state index in [4.69, 9.17) is 0 Å². The normalized spacial score (nSPS) is 40.9. The lowest BCUT2D eigenvalue weighted by molar-refractivity contribution is 0.00000745.